The minimum Gasteiger partial charge on any atom is -0.317 e. The fourth-order valence-electron chi connectivity index (χ4n) is 2.37. The molecule has 0 radical (unpaired) electrons. The van der Waals surface area contributed by atoms with E-state index in [1.807, 2.05) is 0 Å². The Kier molecular flexibility index (Phi) is 5.79. The number of nitrogens with zero attached hydrogens (tertiary/aromatic N) is 1. The van der Waals surface area contributed by atoms with Crippen LogP contribution in [0.3, 0.4) is 0 Å². The summed E-state index contributed by atoms with van der Waals surface area (Å²) in [6, 6.07) is 4.60. The van der Waals surface area contributed by atoms with E-state index in [9.17, 15) is 13.6 Å². The summed E-state index contributed by atoms with van der Waals surface area (Å²) in [5, 5.41) is 0.329. The van der Waals surface area contributed by atoms with Gasteiger partial charge in [-0.15, -0.1) is 0 Å². The van der Waals surface area contributed by atoms with Gasteiger partial charge < -0.3 is 4.57 Å². The van der Waals surface area contributed by atoms with Crippen LogP contribution in [0.4, 0.5) is 8.78 Å². The van der Waals surface area contributed by atoms with Gasteiger partial charge >= 0.3 is 0 Å². The van der Waals surface area contributed by atoms with Crippen molar-refractivity contribution in [2.75, 3.05) is 0 Å². The fraction of sp³-hybridized carbons (Fsp3) is 0.211. The first kappa shape index (κ1) is 17.8. The second-order valence-corrected chi connectivity index (χ2v) is 5.57. The van der Waals surface area contributed by atoms with Crippen LogP contribution in [0.1, 0.15) is 30.4 Å². The van der Waals surface area contributed by atoms with Gasteiger partial charge in [0.05, 0.1) is 5.02 Å². The molecule has 0 amide bonds. The third-order valence-electron chi connectivity index (χ3n) is 3.47. The number of benzene rings is 1. The van der Waals surface area contributed by atoms with E-state index < -0.39 is 17.6 Å². The Morgan fingerprint density at radius 1 is 1.21 bits per heavy atom. The largest absolute Gasteiger partial charge is 0.317 e. The maximum absolute atomic E-state index is 14.2. The maximum Gasteiger partial charge on any atom is 0.254 e. The van der Waals surface area contributed by atoms with Crippen molar-refractivity contribution in [1.82, 2.24) is 4.57 Å². The lowest BCUT2D eigenvalue weighted by atomic mass is 9.89. The molecule has 2 rings (SSSR count). The highest BCUT2D eigenvalue weighted by atomic mass is 35.5. The highest BCUT2D eigenvalue weighted by Crippen LogP contribution is 2.29. The van der Waals surface area contributed by atoms with Crippen LogP contribution >= 0.6 is 11.6 Å². The van der Waals surface area contributed by atoms with Gasteiger partial charge in [-0.3, -0.25) is 4.79 Å². The lowest BCUT2D eigenvalue weighted by Crippen LogP contribution is -2.23. The summed E-state index contributed by atoms with van der Waals surface area (Å²) in [5.41, 5.74) is -0.0159. The molecule has 0 bridgehead atoms. The first-order valence-corrected chi connectivity index (χ1v) is 7.52. The van der Waals surface area contributed by atoms with Crippen LogP contribution in [0.25, 0.3) is 0 Å². The molecule has 0 fully saturated rings. The normalized spacial score (nSPS) is 11.0. The van der Waals surface area contributed by atoms with Gasteiger partial charge in [0.15, 0.2) is 0 Å². The van der Waals surface area contributed by atoms with Crippen molar-refractivity contribution in [3.8, 4) is 23.7 Å². The van der Waals surface area contributed by atoms with Gasteiger partial charge in [0.25, 0.3) is 5.56 Å². The van der Waals surface area contributed by atoms with Crippen LogP contribution in [0.5, 0.6) is 0 Å². The van der Waals surface area contributed by atoms with E-state index in [0.717, 1.165) is 18.2 Å². The molecule has 0 saturated heterocycles. The summed E-state index contributed by atoms with van der Waals surface area (Å²) in [4.78, 5) is 12.4. The second kappa shape index (κ2) is 7.81. The van der Waals surface area contributed by atoms with Crippen LogP contribution < -0.4 is 5.56 Å². The van der Waals surface area contributed by atoms with Gasteiger partial charge in [0.2, 0.25) is 0 Å². The van der Waals surface area contributed by atoms with Gasteiger partial charge in [-0.25, -0.2) is 8.78 Å². The molecule has 0 aliphatic rings. The van der Waals surface area contributed by atoms with Gasteiger partial charge in [0, 0.05) is 31.1 Å². The molecule has 2 aromatic rings. The third kappa shape index (κ3) is 4.04. The molecule has 0 aliphatic heterocycles. The van der Waals surface area contributed by atoms with Crippen LogP contribution in [-0.2, 0) is 7.05 Å². The van der Waals surface area contributed by atoms with E-state index in [1.54, 1.807) is 14.0 Å². The molecule has 0 saturated carbocycles. The number of pyridine rings is 1. The molecule has 24 heavy (non-hydrogen) atoms. The summed E-state index contributed by atoms with van der Waals surface area (Å²) in [6.07, 6.45) is 1.57. The first-order valence-electron chi connectivity index (χ1n) is 7.14. The van der Waals surface area contributed by atoms with Crippen molar-refractivity contribution in [2.45, 2.75) is 19.3 Å². The smallest absolute Gasteiger partial charge is 0.254 e. The van der Waals surface area contributed by atoms with E-state index in [1.165, 1.54) is 16.8 Å². The minimum atomic E-state index is -0.746. The van der Waals surface area contributed by atoms with E-state index >= 15 is 0 Å². The topological polar surface area (TPSA) is 22.0 Å². The maximum atomic E-state index is 14.2. The average Bonchev–Trinajstić information content (AvgIpc) is 2.54. The molecule has 0 spiro atoms. The van der Waals surface area contributed by atoms with E-state index in [0.29, 0.717) is 5.02 Å². The lowest BCUT2D eigenvalue weighted by molar-refractivity contribution is 0.574. The van der Waals surface area contributed by atoms with E-state index in [2.05, 4.69) is 23.7 Å². The number of aromatic nitrogens is 1. The summed E-state index contributed by atoms with van der Waals surface area (Å²) >= 11 is 6.02. The fourth-order valence-corrected chi connectivity index (χ4v) is 2.64. The van der Waals surface area contributed by atoms with Crippen molar-refractivity contribution in [3.63, 3.8) is 0 Å². The molecular formula is C19H14ClF2NO. The van der Waals surface area contributed by atoms with Gasteiger partial charge in [-0.1, -0.05) is 23.4 Å². The molecule has 1 heterocycles. The predicted molar refractivity (Wildman–Crippen MR) is 90.7 cm³/mol. The highest BCUT2D eigenvalue weighted by molar-refractivity contribution is 6.30. The molecule has 0 aliphatic carbocycles. The zero-order valence-electron chi connectivity index (χ0n) is 13.2. The summed E-state index contributed by atoms with van der Waals surface area (Å²) < 4.78 is 29.1. The first-order chi connectivity index (χ1) is 11.4. The van der Waals surface area contributed by atoms with Crippen LogP contribution in [-0.4, -0.2) is 4.57 Å². The van der Waals surface area contributed by atoms with Crippen LogP contribution in [0.2, 0.25) is 5.02 Å². The van der Waals surface area contributed by atoms with Gasteiger partial charge in [-0.05, 0) is 48.6 Å². The molecule has 1 atom stereocenters. The number of hydrogen-bond acceptors (Lipinski definition) is 1. The van der Waals surface area contributed by atoms with Crippen molar-refractivity contribution >= 4 is 11.6 Å². The third-order valence-corrected chi connectivity index (χ3v) is 3.68. The molecule has 5 heteroatoms. The average molecular weight is 346 g/mol. The summed E-state index contributed by atoms with van der Waals surface area (Å²) in [7, 11) is 1.55. The van der Waals surface area contributed by atoms with Crippen molar-refractivity contribution in [1.29, 1.82) is 0 Å². The van der Waals surface area contributed by atoms with Crippen LogP contribution in [0.15, 0.2) is 35.3 Å². The Morgan fingerprint density at radius 2 is 1.96 bits per heavy atom. The molecular weight excluding hydrogens is 332 g/mol. The van der Waals surface area contributed by atoms with Crippen molar-refractivity contribution in [2.24, 2.45) is 7.05 Å². The molecule has 122 valence electrons. The monoisotopic (exact) mass is 345 g/mol. The van der Waals surface area contributed by atoms with Gasteiger partial charge in [0.1, 0.15) is 11.6 Å². The summed E-state index contributed by atoms with van der Waals surface area (Å²) in [6.45, 7) is 1.64. The molecule has 1 unspecified atom stereocenters. The van der Waals surface area contributed by atoms with Crippen molar-refractivity contribution in [3.05, 3.63) is 68.6 Å². The number of aryl methyl sites for hydroxylation is 1. The Labute approximate surface area is 144 Å². The highest BCUT2D eigenvalue weighted by Gasteiger charge is 2.22. The molecule has 1 aromatic carbocycles. The quantitative estimate of drug-likeness (QED) is 0.774. The summed E-state index contributed by atoms with van der Waals surface area (Å²) in [5.74, 6) is 8.68. The molecule has 0 N–H and O–H groups in total. The van der Waals surface area contributed by atoms with Gasteiger partial charge in [-0.2, -0.15) is 0 Å². The number of hydrogen-bond donors (Lipinski definition) is 0. The number of halogens is 3. The lowest BCUT2D eigenvalue weighted by Gasteiger charge is -2.17. The Hall–Kier alpha value is -2.56. The minimum absolute atomic E-state index is 0.0631. The van der Waals surface area contributed by atoms with Crippen LogP contribution in [0, 0.1) is 35.3 Å². The Bertz CT molecular complexity index is 942. The second-order valence-electron chi connectivity index (χ2n) is 5.13. The number of rotatable bonds is 3. The van der Waals surface area contributed by atoms with E-state index in [-0.39, 0.29) is 23.1 Å². The molecule has 1 aromatic heterocycles. The predicted octanol–water partition coefficient (Wildman–Crippen LogP) is 3.87. The van der Waals surface area contributed by atoms with Crippen molar-refractivity contribution < 1.29 is 8.78 Å². The Morgan fingerprint density at radius 3 is 2.67 bits per heavy atom. The molecule has 2 nitrogen and oxygen atoms in total. The standard InChI is InChI=1S/C19H14ClF2NO/c1-3-4-5-6-7-15(16-11-14(21)8-9-18(16)22)17-10-13(20)12-23(2)19(17)24/h8-12,15H,7H2,1-2H3. The van der Waals surface area contributed by atoms with E-state index in [4.69, 9.17) is 11.6 Å². The zero-order chi connectivity index (χ0) is 17.7. The Balaban J connectivity index is 2.63. The SMILES string of the molecule is CC#CC#CCC(c1cc(F)ccc1F)c1cc(Cl)cn(C)c1=O. The zero-order valence-corrected chi connectivity index (χ0v) is 13.9.